The third-order valence-corrected chi connectivity index (χ3v) is 14.7. The van der Waals surface area contributed by atoms with Crippen molar-refractivity contribution in [1.82, 2.24) is 29.9 Å². The van der Waals surface area contributed by atoms with E-state index in [1.165, 1.54) is 26.0 Å². The second kappa shape index (κ2) is 17.0. The summed E-state index contributed by atoms with van der Waals surface area (Å²) in [6.07, 6.45) is -9.57. The van der Waals surface area contributed by atoms with E-state index in [1.807, 2.05) is 0 Å². The van der Waals surface area contributed by atoms with Crippen molar-refractivity contribution in [2.24, 2.45) is 5.92 Å². The Morgan fingerprint density at radius 2 is 1.63 bits per heavy atom. The highest BCUT2D eigenvalue weighted by Crippen LogP contribution is 2.68. The lowest BCUT2D eigenvalue weighted by Gasteiger charge is -2.23. The zero-order chi connectivity index (χ0) is 49.6. The molecule has 360 valence electrons. The lowest BCUT2D eigenvalue weighted by molar-refractivity contribution is -0.143. The second-order valence-corrected chi connectivity index (χ2v) is 21.5. The normalized spacial score (nSPS) is 17.4. The molecule has 2 aliphatic carbocycles. The Labute approximate surface area is 380 Å². The third kappa shape index (κ3) is 9.80. The van der Waals surface area contributed by atoms with Crippen LogP contribution in [0.4, 0.5) is 49.7 Å². The molecule has 2 aliphatic rings. The van der Waals surface area contributed by atoms with Crippen LogP contribution in [0.25, 0.3) is 22.0 Å². The molecule has 13 nitrogen and oxygen atoms in total. The molecule has 5 aromatic rings. The fourth-order valence-corrected chi connectivity index (χ4v) is 9.28. The number of carbonyl (C=O) groups is 1. The van der Waals surface area contributed by atoms with E-state index in [-0.39, 0.29) is 38.5 Å². The highest BCUT2D eigenvalue weighted by molar-refractivity contribution is 7.92. The van der Waals surface area contributed by atoms with Crippen LogP contribution in [-0.2, 0) is 56.3 Å². The zero-order valence-electron chi connectivity index (χ0n) is 35.2. The number of aliphatic hydroxyl groups is 1. The van der Waals surface area contributed by atoms with Gasteiger partial charge in [-0.25, -0.2) is 34.9 Å². The number of nitrogens with one attached hydrogen (secondary N) is 1. The van der Waals surface area contributed by atoms with Gasteiger partial charge in [0.05, 0.1) is 47.1 Å². The van der Waals surface area contributed by atoms with Crippen molar-refractivity contribution < 1.29 is 70.6 Å². The number of fused-ring (bicyclic) bond motifs is 4. The number of hydrogen-bond acceptors (Lipinski definition) is 9. The number of alkyl halides is 8. The predicted octanol–water partition coefficient (Wildman–Crippen LogP) is 7.05. The summed E-state index contributed by atoms with van der Waals surface area (Å²) in [6.45, 7) is -2.16. The molecule has 3 heterocycles. The number of aromatic nitrogens is 5. The number of hydrogen-bond donors (Lipinski definition) is 2. The fraction of sp³-hybridized carbons (Fsp3) is 0.415. The van der Waals surface area contributed by atoms with Crippen LogP contribution in [0.15, 0.2) is 42.5 Å². The molecule has 0 bridgehead atoms. The molecule has 0 radical (unpaired) electrons. The van der Waals surface area contributed by atoms with Crippen LogP contribution < -0.4 is 9.62 Å². The molecule has 67 heavy (non-hydrogen) atoms. The van der Waals surface area contributed by atoms with Gasteiger partial charge in [0.25, 0.3) is 5.92 Å². The summed E-state index contributed by atoms with van der Waals surface area (Å²) >= 11 is 6.57. The van der Waals surface area contributed by atoms with Crippen LogP contribution in [0, 0.1) is 29.4 Å². The fourth-order valence-electron chi connectivity index (χ4n) is 7.95. The summed E-state index contributed by atoms with van der Waals surface area (Å²) < 4.78 is 196. The van der Waals surface area contributed by atoms with Gasteiger partial charge in [-0.2, -0.15) is 45.3 Å². The van der Waals surface area contributed by atoms with E-state index in [0.29, 0.717) is 21.3 Å². The summed E-state index contributed by atoms with van der Waals surface area (Å²) in [5, 5.41) is 18.8. The Hall–Kier alpha value is -5.45. The molecule has 1 amide bonds. The first-order valence-corrected chi connectivity index (χ1v) is 23.8. The van der Waals surface area contributed by atoms with E-state index in [4.69, 9.17) is 11.6 Å². The molecular weight excluding hydrogens is 976 g/mol. The summed E-state index contributed by atoms with van der Waals surface area (Å²) in [6, 6.07) is 5.11. The molecule has 1 fully saturated rings. The number of anilines is 1. The Bertz CT molecular complexity index is 3110. The lowest BCUT2D eigenvalue weighted by Crippen LogP contribution is -2.35. The van der Waals surface area contributed by atoms with Crippen molar-refractivity contribution >= 4 is 54.1 Å². The van der Waals surface area contributed by atoms with Crippen molar-refractivity contribution in [2.75, 3.05) is 30.0 Å². The van der Waals surface area contributed by atoms with Gasteiger partial charge in [0, 0.05) is 34.9 Å². The van der Waals surface area contributed by atoms with Crippen LogP contribution in [0.2, 0.25) is 5.02 Å². The minimum atomic E-state index is -5.20. The van der Waals surface area contributed by atoms with Crippen molar-refractivity contribution in [3.05, 3.63) is 93.0 Å². The van der Waals surface area contributed by atoms with Crippen molar-refractivity contribution in [3.8, 4) is 23.0 Å². The monoisotopic (exact) mass is 1010 g/mol. The quantitative estimate of drug-likeness (QED) is 0.0928. The predicted molar refractivity (Wildman–Crippen MR) is 222 cm³/mol. The number of pyridine rings is 1. The smallest absolute Gasteiger partial charge is 0.394 e. The van der Waals surface area contributed by atoms with Gasteiger partial charge >= 0.3 is 12.4 Å². The summed E-state index contributed by atoms with van der Waals surface area (Å²) in [5.41, 5.74) is -5.39. The van der Waals surface area contributed by atoms with Crippen molar-refractivity contribution in [3.63, 3.8) is 0 Å². The standard InChI is InChI=1S/C41H36ClF10N7O6S2/c1-38(2,66(3,62)63)10-9-23-5-6-24(25-7-8-28(42)32-34(25)58(19-39(45,46)47)56-37(32)59(11-12-60)67(4,64)65)33(53-23)29(15-20-13-21(43)16-22(44)14-20)54-30(61)18-57-36-31(35(55-57)41(50,51)52)26-17-27(26)40(36,48)49/h5-8,13-14,16,26-27,29,60H,11-12,15,17-19H2,1-4H3,(H,54,61)/t26-,27?,29-/m0/s1. The van der Waals surface area contributed by atoms with Crippen LogP contribution in [0.3, 0.4) is 0 Å². The van der Waals surface area contributed by atoms with Crippen molar-refractivity contribution in [1.29, 1.82) is 0 Å². The highest BCUT2D eigenvalue weighted by atomic mass is 35.5. The molecule has 3 atom stereocenters. The average Bonchev–Trinajstić information content (AvgIpc) is 3.69. The Morgan fingerprint density at radius 1 is 0.985 bits per heavy atom. The number of amides is 1. The molecule has 26 heteroatoms. The number of aliphatic hydroxyl groups excluding tert-OH is 1. The first-order chi connectivity index (χ1) is 30.8. The Balaban J connectivity index is 1.48. The summed E-state index contributed by atoms with van der Waals surface area (Å²) in [7, 11) is -8.26. The van der Waals surface area contributed by atoms with E-state index in [0.717, 1.165) is 30.5 Å². The number of benzene rings is 2. The summed E-state index contributed by atoms with van der Waals surface area (Å²) in [5.74, 6) is -5.54. The molecular formula is C41H36ClF10N7O6S2. The topological polar surface area (TPSA) is 169 Å². The van der Waals surface area contributed by atoms with E-state index in [1.54, 1.807) is 0 Å². The first kappa shape index (κ1) is 49.5. The minimum Gasteiger partial charge on any atom is -0.394 e. The maximum absolute atomic E-state index is 15.5. The molecule has 7 rings (SSSR count). The maximum atomic E-state index is 15.5. The number of halogens is 11. The van der Waals surface area contributed by atoms with Gasteiger partial charge in [0.2, 0.25) is 15.9 Å². The van der Waals surface area contributed by atoms with E-state index >= 15 is 8.78 Å². The van der Waals surface area contributed by atoms with E-state index < -0.39 is 150 Å². The van der Waals surface area contributed by atoms with Gasteiger partial charge < -0.3 is 10.4 Å². The largest absolute Gasteiger partial charge is 0.435 e. The second-order valence-electron chi connectivity index (χ2n) is 16.6. The Kier molecular flexibility index (Phi) is 12.5. The molecule has 0 spiro atoms. The number of nitrogens with zero attached hydrogens (tertiary/aromatic N) is 6. The van der Waals surface area contributed by atoms with Crippen LogP contribution in [0.5, 0.6) is 0 Å². The molecule has 0 aliphatic heterocycles. The van der Waals surface area contributed by atoms with Crippen molar-refractivity contribution in [2.45, 2.75) is 74.8 Å². The molecule has 1 unspecified atom stereocenters. The van der Waals surface area contributed by atoms with Crippen LogP contribution >= 0.6 is 11.6 Å². The Morgan fingerprint density at radius 3 is 2.21 bits per heavy atom. The highest BCUT2D eigenvalue weighted by Gasteiger charge is 2.68. The lowest BCUT2D eigenvalue weighted by atomic mass is 9.93. The third-order valence-electron chi connectivity index (χ3n) is 11.2. The molecule has 0 saturated heterocycles. The summed E-state index contributed by atoms with van der Waals surface area (Å²) in [4.78, 5) is 18.6. The number of sulfonamides is 1. The van der Waals surface area contributed by atoms with E-state index in [2.05, 4.69) is 32.3 Å². The van der Waals surface area contributed by atoms with Crippen LogP contribution in [-0.4, -0.2) is 89.0 Å². The number of rotatable bonds is 13. The van der Waals surface area contributed by atoms with Gasteiger partial charge in [-0.05, 0) is 74.4 Å². The first-order valence-electron chi connectivity index (χ1n) is 19.7. The average molecular weight is 1010 g/mol. The molecule has 3 aromatic heterocycles. The molecule has 2 N–H and O–H groups in total. The van der Waals surface area contributed by atoms with Gasteiger partial charge in [0.1, 0.15) is 40.9 Å². The van der Waals surface area contributed by atoms with E-state index in [9.17, 15) is 61.9 Å². The maximum Gasteiger partial charge on any atom is 0.435 e. The molecule has 2 aromatic carbocycles. The SMILES string of the molecule is CC(C)(C#Cc1ccc(-c2ccc(Cl)c3c(N(CCO)S(C)(=O)=O)nn(CC(F)(F)F)c23)c([C@H](Cc2cc(F)cc(F)c2)NC(=O)Cn2nc(C(F)(F)F)c3c2C(F)(F)C2C[C@H]32)n1)S(C)(=O)=O. The van der Waals surface area contributed by atoms with Gasteiger partial charge in [-0.1, -0.05) is 23.6 Å². The number of sulfone groups is 1. The van der Waals surface area contributed by atoms with Gasteiger partial charge in [0.15, 0.2) is 21.3 Å². The molecule has 1 saturated carbocycles. The van der Waals surface area contributed by atoms with Gasteiger partial charge in [-0.3, -0.25) is 14.2 Å². The van der Waals surface area contributed by atoms with Gasteiger partial charge in [-0.15, -0.1) is 0 Å². The van der Waals surface area contributed by atoms with Crippen LogP contribution in [0.1, 0.15) is 66.1 Å². The zero-order valence-corrected chi connectivity index (χ0v) is 37.6. The number of carbonyl (C=O) groups excluding carboxylic acids is 1. The minimum absolute atomic E-state index is 0.210.